The molecule has 6 heteroatoms. The Labute approximate surface area is 85.0 Å². The fourth-order valence-electron chi connectivity index (χ4n) is 1.07. The van der Waals surface area contributed by atoms with Crippen LogP contribution in [-0.2, 0) is 0 Å². The van der Waals surface area contributed by atoms with E-state index in [4.69, 9.17) is 10.5 Å². The minimum absolute atomic E-state index is 0.0359. The molecule has 80 valence electrons. The van der Waals surface area contributed by atoms with Crippen LogP contribution in [0.1, 0.15) is 10.4 Å². The van der Waals surface area contributed by atoms with Crippen molar-refractivity contribution in [3.63, 3.8) is 0 Å². The summed E-state index contributed by atoms with van der Waals surface area (Å²) in [7, 11) is 1.29. The van der Waals surface area contributed by atoms with E-state index >= 15 is 0 Å². The lowest BCUT2D eigenvalue weighted by molar-refractivity contribution is 0.0959. The van der Waals surface area contributed by atoms with Crippen molar-refractivity contribution >= 4 is 11.9 Å². The molecule has 0 fully saturated rings. The lowest BCUT2D eigenvalue weighted by Crippen LogP contribution is -2.35. The van der Waals surface area contributed by atoms with Crippen molar-refractivity contribution in [2.75, 3.05) is 7.11 Å². The second-order valence-electron chi connectivity index (χ2n) is 2.64. The van der Waals surface area contributed by atoms with E-state index in [1.54, 1.807) is 5.32 Å². The van der Waals surface area contributed by atoms with Crippen molar-refractivity contribution in [3.05, 3.63) is 29.6 Å². The van der Waals surface area contributed by atoms with Crippen LogP contribution in [-0.4, -0.2) is 19.0 Å². The molecule has 0 saturated heterocycles. The molecule has 3 amide bonds. The Kier molecular flexibility index (Phi) is 3.22. The van der Waals surface area contributed by atoms with Crippen molar-refractivity contribution in [2.45, 2.75) is 0 Å². The number of rotatable bonds is 2. The molecule has 0 heterocycles. The molecule has 0 atom stereocenters. The second kappa shape index (κ2) is 4.41. The Balaban J connectivity index is 3.11. The number of nitrogens with one attached hydrogen (secondary N) is 1. The number of hydrogen-bond acceptors (Lipinski definition) is 3. The molecule has 0 aromatic heterocycles. The van der Waals surface area contributed by atoms with E-state index in [-0.39, 0.29) is 11.3 Å². The Morgan fingerprint density at radius 2 is 2.13 bits per heavy atom. The van der Waals surface area contributed by atoms with Gasteiger partial charge >= 0.3 is 6.03 Å². The number of primary amides is 1. The standard InChI is InChI=1S/C9H9FN2O3/c1-15-6-4-2-3-5(10)7(6)8(13)12-9(11)14/h2-4H,1H3,(H3,11,12,13,14). The topological polar surface area (TPSA) is 81.4 Å². The summed E-state index contributed by atoms with van der Waals surface area (Å²) in [4.78, 5) is 21.7. The molecule has 0 saturated carbocycles. The smallest absolute Gasteiger partial charge is 0.319 e. The molecule has 0 bridgehead atoms. The van der Waals surface area contributed by atoms with Gasteiger partial charge in [-0.25, -0.2) is 9.18 Å². The lowest BCUT2D eigenvalue weighted by atomic mass is 10.1. The van der Waals surface area contributed by atoms with E-state index in [0.717, 1.165) is 6.07 Å². The van der Waals surface area contributed by atoms with Crippen LogP contribution in [0.4, 0.5) is 9.18 Å². The minimum atomic E-state index is -1.05. The zero-order chi connectivity index (χ0) is 11.4. The number of methoxy groups -OCH3 is 1. The van der Waals surface area contributed by atoms with Crippen LogP contribution in [0.2, 0.25) is 0 Å². The van der Waals surface area contributed by atoms with Gasteiger partial charge in [-0.2, -0.15) is 0 Å². The van der Waals surface area contributed by atoms with Gasteiger partial charge in [0.05, 0.1) is 7.11 Å². The highest BCUT2D eigenvalue weighted by atomic mass is 19.1. The van der Waals surface area contributed by atoms with Gasteiger partial charge in [-0.3, -0.25) is 10.1 Å². The zero-order valence-electron chi connectivity index (χ0n) is 7.91. The molecule has 0 spiro atoms. The van der Waals surface area contributed by atoms with E-state index in [2.05, 4.69) is 0 Å². The lowest BCUT2D eigenvalue weighted by Gasteiger charge is -2.07. The van der Waals surface area contributed by atoms with Crippen LogP contribution in [0.15, 0.2) is 18.2 Å². The first-order valence-electron chi connectivity index (χ1n) is 3.99. The van der Waals surface area contributed by atoms with Crippen molar-refractivity contribution in [1.29, 1.82) is 0 Å². The summed E-state index contributed by atoms with van der Waals surface area (Å²) in [5.41, 5.74) is 4.39. The number of urea groups is 1. The predicted octanol–water partition coefficient (Wildman–Crippen LogP) is 0.643. The Morgan fingerprint density at radius 3 is 2.67 bits per heavy atom. The molecule has 0 unspecified atom stereocenters. The maximum Gasteiger partial charge on any atom is 0.319 e. The molecule has 0 aliphatic carbocycles. The maximum absolute atomic E-state index is 13.2. The number of ether oxygens (including phenoxy) is 1. The number of hydrogen-bond donors (Lipinski definition) is 2. The first-order valence-corrected chi connectivity index (χ1v) is 3.99. The van der Waals surface area contributed by atoms with Gasteiger partial charge in [-0.1, -0.05) is 6.07 Å². The monoisotopic (exact) mass is 212 g/mol. The summed E-state index contributed by atoms with van der Waals surface area (Å²) < 4.78 is 18.0. The van der Waals surface area contributed by atoms with Gasteiger partial charge in [0, 0.05) is 0 Å². The molecule has 0 aliphatic rings. The molecule has 1 aromatic carbocycles. The largest absolute Gasteiger partial charge is 0.496 e. The fourth-order valence-corrected chi connectivity index (χ4v) is 1.07. The summed E-state index contributed by atoms with van der Waals surface area (Å²) in [5, 5.41) is 1.75. The van der Waals surface area contributed by atoms with Crippen molar-refractivity contribution in [2.24, 2.45) is 5.73 Å². The van der Waals surface area contributed by atoms with Crippen molar-refractivity contribution in [1.82, 2.24) is 5.32 Å². The van der Waals surface area contributed by atoms with E-state index < -0.39 is 17.8 Å². The number of imide groups is 1. The molecule has 15 heavy (non-hydrogen) atoms. The fraction of sp³-hybridized carbons (Fsp3) is 0.111. The Bertz CT molecular complexity index is 406. The van der Waals surface area contributed by atoms with E-state index in [1.165, 1.54) is 19.2 Å². The van der Waals surface area contributed by atoms with Gasteiger partial charge in [0.25, 0.3) is 5.91 Å². The average Bonchev–Trinajstić information content (AvgIpc) is 2.15. The quantitative estimate of drug-likeness (QED) is 0.754. The van der Waals surface area contributed by atoms with Crippen LogP contribution < -0.4 is 15.8 Å². The normalized spacial score (nSPS) is 9.47. The van der Waals surface area contributed by atoms with Gasteiger partial charge in [0.2, 0.25) is 0 Å². The third-order valence-corrected chi connectivity index (χ3v) is 1.66. The van der Waals surface area contributed by atoms with Crippen molar-refractivity contribution in [3.8, 4) is 5.75 Å². The van der Waals surface area contributed by atoms with E-state index in [9.17, 15) is 14.0 Å². The molecular formula is C9H9FN2O3. The summed E-state index contributed by atoms with van der Waals surface area (Å²) >= 11 is 0. The highest BCUT2D eigenvalue weighted by Crippen LogP contribution is 2.20. The van der Waals surface area contributed by atoms with Crippen LogP contribution in [0.5, 0.6) is 5.75 Å². The number of benzene rings is 1. The van der Waals surface area contributed by atoms with Crippen LogP contribution >= 0.6 is 0 Å². The van der Waals surface area contributed by atoms with Gasteiger partial charge in [-0.15, -0.1) is 0 Å². The molecule has 1 aromatic rings. The molecular weight excluding hydrogens is 203 g/mol. The zero-order valence-corrected chi connectivity index (χ0v) is 7.91. The number of nitrogens with two attached hydrogens (primary N) is 1. The first-order chi connectivity index (χ1) is 7.06. The van der Waals surface area contributed by atoms with E-state index in [1.807, 2.05) is 0 Å². The maximum atomic E-state index is 13.2. The molecule has 0 aliphatic heterocycles. The van der Waals surface area contributed by atoms with Crippen LogP contribution in [0.3, 0.4) is 0 Å². The Morgan fingerprint density at radius 1 is 1.47 bits per heavy atom. The molecule has 3 N–H and O–H groups in total. The molecule has 0 radical (unpaired) electrons. The third kappa shape index (κ3) is 2.43. The average molecular weight is 212 g/mol. The Hall–Kier alpha value is -2.11. The van der Waals surface area contributed by atoms with Gasteiger partial charge in [0.15, 0.2) is 0 Å². The van der Waals surface area contributed by atoms with Crippen LogP contribution in [0.25, 0.3) is 0 Å². The summed E-state index contributed by atoms with van der Waals surface area (Å²) in [6.07, 6.45) is 0. The highest BCUT2D eigenvalue weighted by Gasteiger charge is 2.18. The summed E-state index contributed by atoms with van der Waals surface area (Å²) in [6, 6.07) is 2.82. The second-order valence-corrected chi connectivity index (χ2v) is 2.64. The number of amides is 3. The number of carbonyl (C=O) groups excluding carboxylic acids is 2. The molecule has 1 rings (SSSR count). The summed E-state index contributed by atoms with van der Waals surface area (Å²) in [6.45, 7) is 0. The first kappa shape index (κ1) is 11.0. The highest BCUT2D eigenvalue weighted by molar-refractivity contribution is 6.05. The summed E-state index contributed by atoms with van der Waals surface area (Å²) in [5.74, 6) is -1.68. The number of carbonyl (C=O) groups is 2. The third-order valence-electron chi connectivity index (χ3n) is 1.66. The van der Waals surface area contributed by atoms with E-state index in [0.29, 0.717) is 0 Å². The predicted molar refractivity (Wildman–Crippen MR) is 50.0 cm³/mol. The molecule has 5 nitrogen and oxygen atoms in total. The SMILES string of the molecule is COc1cccc(F)c1C(=O)NC(N)=O. The van der Waals surface area contributed by atoms with Gasteiger partial charge in [0.1, 0.15) is 17.1 Å². The van der Waals surface area contributed by atoms with Gasteiger partial charge < -0.3 is 10.5 Å². The van der Waals surface area contributed by atoms with Gasteiger partial charge in [-0.05, 0) is 12.1 Å². The number of halogens is 1. The van der Waals surface area contributed by atoms with Crippen molar-refractivity contribution < 1.29 is 18.7 Å². The van der Waals surface area contributed by atoms with Crippen LogP contribution in [0, 0.1) is 5.82 Å². The minimum Gasteiger partial charge on any atom is -0.496 e.